The second-order valence-corrected chi connectivity index (χ2v) is 9.87. The van der Waals surface area contributed by atoms with Gasteiger partial charge in [-0.3, -0.25) is 19.2 Å². The Morgan fingerprint density at radius 2 is 1.77 bits per heavy atom. The summed E-state index contributed by atoms with van der Waals surface area (Å²) in [6.45, 7) is 3.63. The summed E-state index contributed by atoms with van der Waals surface area (Å²) in [4.78, 5) is 23.6. The van der Waals surface area contributed by atoms with Gasteiger partial charge in [0.2, 0.25) is 0 Å². The third kappa shape index (κ3) is 4.44. The van der Waals surface area contributed by atoms with Gasteiger partial charge < -0.3 is 9.47 Å². The zero-order chi connectivity index (χ0) is 25.3. The Morgan fingerprint density at radius 1 is 1.06 bits per heavy atom. The first kappa shape index (κ1) is 24.2. The third-order valence-electron chi connectivity index (χ3n) is 5.87. The van der Waals surface area contributed by atoms with Gasteiger partial charge in [-0.1, -0.05) is 23.8 Å². The van der Waals surface area contributed by atoms with Crippen LogP contribution in [0.4, 0.5) is 11.4 Å². The summed E-state index contributed by atoms with van der Waals surface area (Å²) < 4.78 is 39.6. The first-order valence-corrected chi connectivity index (χ1v) is 12.3. The fourth-order valence-electron chi connectivity index (χ4n) is 4.22. The van der Waals surface area contributed by atoms with E-state index in [1.165, 1.54) is 37.4 Å². The fourth-order valence-corrected chi connectivity index (χ4v) is 5.86. The highest BCUT2D eigenvalue weighted by molar-refractivity contribution is 7.92. The van der Waals surface area contributed by atoms with E-state index in [1.54, 1.807) is 37.3 Å². The van der Waals surface area contributed by atoms with Crippen LogP contribution >= 0.6 is 0 Å². The smallest absolute Gasteiger partial charge is 0.308 e. The van der Waals surface area contributed by atoms with Crippen LogP contribution in [-0.4, -0.2) is 33.0 Å². The normalized spacial score (nSPS) is 14.6. The minimum atomic E-state index is -4.23. The number of benzene rings is 3. The number of anilines is 1. The van der Waals surface area contributed by atoms with Crippen molar-refractivity contribution in [3.05, 3.63) is 81.9 Å². The van der Waals surface area contributed by atoms with E-state index in [0.29, 0.717) is 22.4 Å². The number of hydrogen-bond acceptors (Lipinski definition) is 7. The van der Waals surface area contributed by atoms with E-state index in [9.17, 15) is 23.3 Å². The van der Waals surface area contributed by atoms with Crippen molar-refractivity contribution in [1.82, 2.24) is 0 Å². The zero-order valence-electron chi connectivity index (χ0n) is 19.4. The number of esters is 1. The summed E-state index contributed by atoms with van der Waals surface area (Å²) in [6, 6.07) is 14.5. The number of carbonyl (C=O) groups is 1. The van der Waals surface area contributed by atoms with Gasteiger partial charge in [0.15, 0.2) is 0 Å². The molecule has 0 radical (unpaired) electrons. The Labute approximate surface area is 203 Å². The number of ether oxygens (including phenoxy) is 2. The number of nitro groups is 1. The predicted molar refractivity (Wildman–Crippen MR) is 130 cm³/mol. The molecule has 0 spiro atoms. The van der Waals surface area contributed by atoms with Crippen LogP contribution in [0.3, 0.4) is 0 Å². The molecule has 0 aliphatic carbocycles. The van der Waals surface area contributed by atoms with Crippen LogP contribution in [0.5, 0.6) is 5.75 Å². The molecule has 0 bridgehead atoms. The highest BCUT2D eigenvalue weighted by Gasteiger charge is 2.41. The lowest BCUT2D eigenvalue weighted by Crippen LogP contribution is -2.39. The Bertz CT molecular complexity index is 1400. The van der Waals surface area contributed by atoms with Gasteiger partial charge in [0.05, 0.1) is 41.7 Å². The number of fused-ring (bicyclic) bond motifs is 3. The molecule has 0 saturated heterocycles. The van der Waals surface area contributed by atoms with Crippen LogP contribution in [0, 0.1) is 17.0 Å². The zero-order valence-corrected chi connectivity index (χ0v) is 20.2. The van der Waals surface area contributed by atoms with E-state index in [4.69, 9.17) is 9.47 Å². The minimum absolute atomic E-state index is 0.00590. The second-order valence-electron chi connectivity index (χ2n) is 8.05. The van der Waals surface area contributed by atoms with Gasteiger partial charge in [0, 0.05) is 17.7 Å². The molecule has 0 fully saturated rings. The van der Waals surface area contributed by atoms with Gasteiger partial charge in [-0.05, 0) is 55.3 Å². The van der Waals surface area contributed by atoms with Crippen molar-refractivity contribution in [3.8, 4) is 16.9 Å². The van der Waals surface area contributed by atoms with E-state index in [1.807, 2.05) is 6.92 Å². The molecule has 1 atom stereocenters. The van der Waals surface area contributed by atoms with Crippen molar-refractivity contribution in [2.24, 2.45) is 0 Å². The average Bonchev–Trinajstić information content (AvgIpc) is 2.83. The Kier molecular flexibility index (Phi) is 6.49. The molecule has 0 aromatic heterocycles. The third-order valence-corrected chi connectivity index (χ3v) is 7.70. The topological polar surface area (TPSA) is 116 Å². The summed E-state index contributed by atoms with van der Waals surface area (Å²) >= 11 is 0. The number of non-ortho nitro benzene ring substituents is 1. The quantitative estimate of drug-likeness (QED) is 0.262. The Balaban J connectivity index is 2.02. The first-order valence-electron chi connectivity index (χ1n) is 10.9. The number of methoxy groups -OCH3 is 1. The Morgan fingerprint density at radius 3 is 2.40 bits per heavy atom. The summed E-state index contributed by atoms with van der Waals surface area (Å²) in [5.74, 6) is -0.0602. The molecule has 0 N–H and O–H groups in total. The number of hydrogen-bond donors (Lipinski definition) is 0. The standard InChI is InChI=1S/C25H24N2O7S/c1-4-34-25(28)15-24-21-12-8-18(33-3)14-22(21)20-11-7-17(27(29)30)13-23(20)26(24)35(31,32)19-9-5-16(2)6-10-19/h5-14,24H,4,15H2,1-3H3. The number of rotatable bonds is 7. The molecule has 1 unspecified atom stereocenters. The molecule has 182 valence electrons. The van der Waals surface area contributed by atoms with Crippen LogP contribution < -0.4 is 9.04 Å². The van der Waals surface area contributed by atoms with Crippen molar-refractivity contribution in [1.29, 1.82) is 0 Å². The second kappa shape index (κ2) is 9.38. The number of sulfonamides is 1. The maximum absolute atomic E-state index is 14.0. The SMILES string of the molecule is CCOC(=O)CC1c2ccc(OC)cc2-c2ccc([N+](=O)[O-])cc2N1S(=O)(=O)c1ccc(C)cc1. The van der Waals surface area contributed by atoms with Crippen molar-refractivity contribution in [3.63, 3.8) is 0 Å². The number of aryl methyl sites for hydroxylation is 1. The average molecular weight is 497 g/mol. The molecule has 1 aliphatic heterocycles. The van der Waals surface area contributed by atoms with Gasteiger partial charge in [0.25, 0.3) is 15.7 Å². The lowest BCUT2D eigenvalue weighted by Gasteiger charge is -2.38. The van der Waals surface area contributed by atoms with Gasteiger partial charge in [-0.2, -0.15) is 0 Å². The first-order chi connectivity index (χ1) is 16.7. The summed E-state index contributed by atoms with van der Waals surface area (Å²) in [5, 5.41) is 11.6. The van der Waals surface area contributed by atoms with E-state index in [2.05, 4.69) is 0 Å². The predicted octanol–water partition coefficient (Wildman–Crippen LogP) is 4.78. The molecule has 4 rings (SSSR count). The maximum Gasteiger partial charge on any atom is 0.308 e. The molecule has 1 heterocycles. The largest absolute Gasteiger partial charge is 0.497 e. The Hall–Kier alpha value is -3.92. The van der Waals surface area contributed by atoms with Crippen molar-refractivity contribution < 1.29 is 27.6 Å². The van der Waals surface area contributed by atoms with Crippen LogP contribution in [0.2, 0.25) is 0 Å². The molecule has 3 aromatic rings. The lowest BCUT2D eigenvalue weighted by atomic mass is 9.88. The number of carbonyl (C=O) groups excluding carboxylic acids is 1. The van der Waals surface area contributed by atoms with E-state index >= 15 is 0 Å². The molecular formula is C25H24N2O7S. The fraction of sp³-hybridized carbons (Fsp3) is 0.240. The van der Waals surface area contributed by atoms with E-state index in [-0.39, 0.29) is 29.3 Å². The maximum atomic E-state index is 14.0. The summed E-state index contributed by atoms with van der Waals surface area (Å²) in [5.41, 5.74) is 2.37. The molecule has 35 heavy (non-hydrogen) atoms. The number of nitro benzene ring substituents is 1. The van der Waals surface area contributed by atoms with Crippen LogP contribution in [-0.2, 0) is 19.6 Å². The van der Waals surface area contributed by atoms with Crippen LogP contribution in [0.15, 0.2) is 65.6 Å². The molecule has 10 heteroatoms. The number of nitrogens with zero attached hydrogens (tertiary/aromatic N) is 2. The monoisotopic (exact) mass is 496 g/mol. The molecule has 1 aliphatic rings. The van der Waals surface area contributed by atoms with Crippen LogP contribution in [0.25, 0.3) is 11.1 Å². The van der Waals surface area contributed by atoms with Gasteiger partial charge >= 0.3 is 5.97 Å². The minimum Gasteiger partial charge on any atom is -0.497 e. The molecule has 3 aromatic carbocycles. The van der Waals surface area contributed by atoms with Crippen molar-refractivity contribution in [2.45, 2.75) is 31.2 Å². The van der Waals surface area contributed by atoms with Gasteiger partial charge in [-0.15, -0.1) is 0 Å². The molecule has 0 saturated carbocycles. The van der Waals surface area contributed by atoms with Crippen LogP contribution in [0.1, 0.15) is 30.5 Å². The molecule has 0 amide bonds. The van der Waals surface area contributed by atoms with Crippen molar-refractivity contribution >= 4 is 27.4 Å². The van der Waals surface area contributed by atoms with Gasteiger partial charge in [0.1, 0.15) is 5.75 Å². The lowest BCUT2D eigenvalue weighted by molar-refractivity contribution is -0.384. The highest BCUT2D eigenvalue weighted by atomic mass is 32.2. The molecular weight excluding hydrogens is 472 g/mol. The summed E-state index contributed by atoms with van der Waals surface area (Å²) in [7, 11) is -2.73. The van der Waals surface area contributed by atoms with Gasteiger partial charge in [-0.25, -0.2) is 8.42 Å². The van der Waals surface area contributed by atoms with Crippen molar-refractivity contribution in [2.75, 3.05) is 18.0 Å². The highest BCUT2D eigenvalue weighted by Crippen LogP contribution is 2.50. The summed E-state index contributed by atoms with van der Waals surface area (Å²) in [6.07, 6.45) is -0.277. The van der Waals surface area contributed by atoms with E-state index in [0.717, 1.165) is 9.87 Å². The molecule has 9 nitrogen and oxygen atoms in total. The van der Waals surface area contributed by atoms with E-state index < -0.39 is 27.0 Å².